The number of esters is 1. The molecule has 1 unspecified atom stereocenters. The van der Waals surface area contributed by atoms with Crippen molar-refractivity contribution in [3.63, 3.8) is 0 Å². The third kappa shape index (κ3) is 3.39. The summed E-state index contributed by atoms with van der Waals surface area (Å²) in [7, 11) is 1.31. The van der Waals surface area contributed by atoms with Crippen molar-refractivity contribution in [2.24, 2.45) is 0 Å². The van der Waals surface area contributed by atoms with Crippen LogP contribution in [0.1, 0.15) is 22.0 Å². The second-order valence-electron chi connectivity index (χ2n) is 5.66. The largest absolute Gasteiger partial charge is 0.467 e. The zero-order valence-corrected chi connectivity index (χ0v) is 14.3. The summed E-state index contributed by atoms with van der Waals surface area (Å²) in [5.74, 6) is -0.669. The fourth-order valence-corrected chi connectivity index (χ4v) is 3.87. The van der Waals surface area contributed by atoms with E-state index < -0.39 is 16.9 Å². The van der Waals surface area contributed by atoms with Crippen LogP contribution in [0.2, 0.25) is 0 Å². The van der Waals surface area contributed by atoms with E-state index in [0.717, 1.165) is 10.4 Å². The first kappa shape index (κ1) is 17.1. The number of nitro benzene ring substituents is 1. The van der Waals surface area contributed by atoms with Gasteiger partial charge in [0.05, 0.1) is 18.5 Å². The van der Waals surface area contributed by atoms with E-state index >= 15 is 0 Å². The first-order valence-corrected chi connectivity index (χ1v) is 8.56. The van der Waals surface area contributed by atoms with E-state index in [9.17, 15) is 19.7 Å². The van der Waals surface area contributed by atoms with E-state index in [4.69, 9.17) is 4.74 Å². The fourth-order valence-electron chi connectivity index (χ4n) is 2.96. The molecule has 1 aliphatic rings. The molecule has 2 heterocycles. The molecular formula is C17H16N2O5S. The second kappa shape index (κ2) is 7.02. The van der Waals surface area contributed by atoms with E-state index in [0.29, 0.717) is 18.5 Å². The number of methoxy groups -OCH3 is 1. The number of nitrogens with zero attached hydrogens (tertiary/aromatic N) is 2. The molecule has 25 heavy (non-hydrogen) atoms. The Morgan fingerprint density at radius 1 is 1.32 bits per heavy atom. The van der Waals surface area contributed by atoms with Crippen LogP contribution < -0.4 is 0 Å². The molecule has 2 aromatic rings. The number of benzene rings is 1. The standard InChI is InChI=1S/C17H16N2O5S/c1-24-17(21)16-13-7-9-25-14(13)6-8-18(16)15(20)10-11-2-4-12(5-3-11)19(22)23/h2-5,7,9,16H,6,8,10H2,1H3. The van der Waals surface area contributed by atoms with Crippen molar-refractivity contribution < 1.29 is 19.2 Å². The van der Waals surface area contributed by atoms with E-state index in [1.165, 1.54) is 24.1 Å². The van der Waals surface area contributed by atoms with Crippen LogP contribution in [0.4, 0.5) is 5.69 Å². The van der Waals surface area contributed by atoms with Crippen LogP contribution in [0.25, 0.3) is 0 Å². The smallest absolute Gasteiger partial charge is 0.333 e. The number of nitro groups is 1. The molecule has 0 radical (unpaired) electrons. The zero-order chi connectivity index (χ0) is 18.0. The Kier molecular flexibility index (Phi) is 4.80. The van der Waals surface area contributed by atoms with Crippen molar-refractivity contribution in [3.8, 4) is 0 Å². The lowest BCUT2D eigenvalue weighted by Crippen LogP contribution is -2.44. The SMILES string of the molecule is COC(=O)C1c2ccsc2CCN1C(=O)Cc1ccc([N+](=O)[O-])cc1. The Labute approximate surface area is 148 Å². The molecule has 1 aromatic heterocycles. The number of fused-ring (bicyclic) bond motifs is 1. The van der Waals surface area contributed by atoms with Gasteiger partial charge in [-0.2, -0.15) is 0 Å². The first-order valence-electron chi connectivity index (χ1n) is 7.68. The molecule has 1 amide bonds. The van der Waals surface area contributed by atoms with Crippen LogP contribution in [0, 0.1) is 10.1 Å². The highest BCUT2D eigenvalue weighted by Gasteiger charge is 2.37. The topological polar surface area (TPSA) is 89.8 Å². The summed E-state index contributed by atoms with van der Waals surface area (Å²) < 4.78 is 4.89. The van der Waals surface area contributed by atoms with Gasteiger partial charge >= 0.3 is 5.97 Å². The highest BCUT2D eigenvalue weighted by molar-refractivity contribution is 7.10. The van der Waals surface area contributed by atoms with Crippen molar-refractivity contribution in [3.05, 3.63) is 61.8 Å². The van der Waals surface area contributed by atoms with Gasteiger partial charge in [-0.3, -0.25) is 14.9 Å². The molecule has 0 aliphatic carbocycles. The van der Waals surface area contributed by atoms with E-state index in [1.54, 1.807) is 23.5 Å². The number of carbonyl (C=O) groups is 2. The lowest BCUT2D eigenvalue weighted by molar-refractivity contribution is -0.384. The number of non-ortho nitro benzene ring substituents is 1. The minimum absolute atomic E-state index is 0.0236. The summed E-state index contributed by atoms with van der Waals surface area (Å²) in [6.45, 7) is 0.444. The molecule has 7 nitrogen and oxygen atoms in total. The zero-order valence-electron chi connectivity index (χ0n) is 13.5. The van der Waals surface area contributed by atoms with Crippen molar-refractivity contribution in [1.29, 1.82) is 0 Å². The summed E-state index contributed by atoms with van der Waals surface area (Å²) in [5, 5.41) is 12.6. The van der Waals surface area contributed by atoms with Gasteiger partial charge in [0.1, 0.15) is 0 Å². The molecule has 0 N–H and O–H groups in total. The number of rotatable bonds is 4. The molecule has 0 fully saturated rings. The summed E-state index contributed by atoms with van der Waals surface area (Å²) >= 11 is 1.57. The number of hydrogen-bond donors (Lipinski definition) is 0. The molecule has 1 aromatic carbocycles. The molecular weight excluding hydrogens is 344 g/mol. The molecule has 0 bridgehead atoms. The van der Waals surface area contributed by atoms with Gasteiger partial charge in [0, 0.05) is 23.6 Å². The Hall–Kier alpha value is -2.74. The number of amides is 1. The van der Waals surface area contributed by atoms with Crippen molar-refractivity contribution in [2.45, 2.75) is 18.9 Å². The molecule has 0 spiro atoms. The maximum atomic E-state index is 12.7. The summed E-state index contributed by atoms with van der Waals surface area (Å²) in [4.78, 5) is 37.8. The summed E-state index contributed by atoms with van der Waals surface area (Å²) in [6, 6.07) is 6.98. The minimum atomic E-state index is -0.731. The van der Waals surface area contributed by atoms with Crippen LogP contribution in [-0.2, 0) is 27.2 Å². The quantitative estimate of drug-likeness (QED) is 0.475. The summed E-state index contributed by atoms with van der Waals surface area (Å²) in [5.41, 5.74) is 1.46. The molecule has 3 rings (SSSR count). The van der Waals surface area contributed by atoms with Gasteiger partial charge in [-0.05, 0) is 29.0 Å². The van der Waals surface area contributed by atoms with Crippen LogP contribution in [-0.4, -0.2) is 35.4 Å². The second-order valence-corrected chi connectivity index (χ2v) is 6.66. The Morgan fingerprint density at radius 2 is 2.04 bits per heavy atom. The molecule has 130 valence electrons. The van der Waals surface area contributed by atoms with Gasteiger partial charge in [-0.25, -0.2) is 4.79 Å². The van der Waals surface area contributed by atoms with Crippen LogP contribution in [0.15, 0.2) is 35.7 Å². The molecule has 0 saturated heterocycles. The predicted molar refractivity (Wildman–Crippen MR) is 91.3 cm³/mol. The number of ether oxygens (including phenoxy) is 1. The normalized spacial score (nSPS) is 16.2. The van der Waals surface area contributed by atoms with Crippen molar-refractivity contribution >= 4 is 28.9 Å². The predicted octanol–water partition coefficient (Wildman–Crippen LogP) is 2.50. The van der Waals surface area contributed by atoms with Gasteiger partial charge in [-0.15, -0.1) is 11.3 Å². The molecule has 0 saturated carbocycles. The number of carbonyl (C=O) groups excluding carboxylic acids is 2. The van der Waals surface area contributed by atoms with Gasteiger partial charge in [0.15, 0.2) is 6.04 Å². The van der Waals surface area contributed by atoms with Crippen molar-refractivity contribution in [1.82, 2.24) is 4.90 Å². The lowest BCUT2D eigenvalue weighted by atomic mass is 9.99. The van der Waals surface area contributed by atoms with Crippen LogP contribution >= 0.6 is 11.3 Å². The molecule has 8 heteroatoms. The van der Waals surface area contributed by atoms with Crippen molar-refractivity contribution in [2.75, 3.05) is 13.7 Å². The van der Waals surface area contributed by atoms with E-state index in [1.807, 2.05) is 11.4 Å². The first-order chi connectivity index (χ1) is 12.0. The number of hydrogen-bond acceptors (Lipinski definition) is 6. The average Bonchev–Trinajstić information content (AvgIpc) is 3.09. The van der Waals surface area contributed by atoms with Gasteiger partial charge in [0.25, 0.3) is 5.69 Å². The Morgan fingerprint density at radius 3 is 2.68 bits per heavy atom. The Balaban J connectivity index is 1.80. The monoisotopic (exact) mass is 360 g/mol. The van der Waals surface area contributed by atoms with E-state index in [2.05, 4.69) is 0 Å². The maximum Gasteiger partial charge on any atom is 0.333 e. The fraction of sp³-hybridized carbons (Fsp3) is 0.294. The minimum Gasteiger partial charge on any atom is -0.467 e. The third-order valence-electron chi connectivity index (χ3n) is 4.21. The Bertz CT molecular complexity index is 815. The van der Waals surface area contributed by atoms with Gasteiger partial charge in [-0.1, -0.05) is 12.1 Å². The molecule has 1 aliphatic heterocycles. The van der Waals surface area contributed by atoms with Gasteiger partial charge in [0.2, 0.25) is 5.91 Å². The third-order valence-corrected chi connectivity index (χ3v) is 5.21. The number of thiophene rings is 1. The lowest BCUT2D eigenvalue weighted by Gasteiger charge is -2.34. The van der Waals surface area contributed by atoms with E-state index in [-0.39, 0.29) is 18.0 Å². The highest BCUT2D eigenvalue weighted by Crippen LogP contribution is 2.34. The van der Waals surface area contributed by atoms with Crippen LogP contribution in [0.3, 0.4) is 0 Å². The summed E-state index contributed by atoms with van der Waals surface area (Å²) in [6.07, 6.45) is 0.775. The maximum absolute atomic E-state index is 12.7. The highest BCUT2D eigenvalue weighted by atomic mass is 32.1. The molecule has 1 atom stereocenters. The van der Waals surface area contributed by atoms with Crippen LogP contribution in [0.5, 0.6) is 0 Å². The van der Waals surface area contributed by atoms with Gasteiger partial charge < -0.3 is 9.64 Å². The average molecular weight is 360 g/mol.